The van der Waals surface area contributed by atoms with Gasteiger partial charge in [-0.05, 0) is 63.9 Å². The first-order chi connectivity index (χ1) is 17.2. The predicted octanol–water partition coefficient (Wildman–Crippen LogP) is 1.13. The van der Waals surface area contributed by atoms with Crippen molar-refractivity contribution in [3.05, 3.63) is 0 Å². The van der Waals surface area contributed by atoms with E-state index in [1.54, 1.807) is 30.4 Å². The maximum Gasteiger partial charge on any atom is 0.220 e. The second-order valence-electron chi connectivity index (χ2n) is 9.94. The summed E-state index contributed by atoms with van der Waals surface area (Å²) in [6.07, 6.45) is 1.27. The van der Waals surface area contributed by atoms with E-state index in [0.29, 0.717) is 32.2 Å². The first-order valence-electron chi connectivity index (χ1n) is 13.1. The van der Waals surface area contributed by atoms with Crippen molar-refractivity contribution < 1.29 is 39.5 Å². The fraction of sp³-hybridized carbons (Fsp3) is 0.920. The van der Waals surface area contributed by atoms with E-state index in [9.17, 15) is 30.0 Å². The number of ether oxygens (including phenoxy) is 2. The molecule has 36 heavy (non-hydrogen) atoms. The maximum absolute atomic E-state index is 12.4. The lowest BCUT2D eigenvalue weighted by Gasteiger charge is -2.22. The fourth-order valence-corrected chi connectivity index (χ4v) is 7.57. The molecule has 0 aromatic rings. The van der Waals surface area contributed by atoms with Crippen LogP contribution in [0.2, 0.25) is 0 Å². The Morgan fingerprint density at radius 1 is 0.889 bits per heavy atom. The van der Waals surface area contributed by atoms with Crippen LogP contribution in [0, 0.1) is 5.92 Å². The number of hydrogen-bond acceptors (Lipinski definition) is 10. The van der Waals surface area contributed by atoms with Crippen LogP contribution in [0.1, 0.15) is 59.3 Å². The Hall–Kier alpha value is -0.400. The van der Waals surface area contributed by atoms with Crippen LogP contribution in [0.5, 0.6) is 0 Å². The topological polar surface area (TPSA) is 146 Å². The quantitative estimate of drug-likeness (QED) is 0.167. The molecule has 0 saturated carbocycles. The van der Waals surface area contributed by atoms with Crippen LogP contribution >= 0.6 is 23.5 Å². The molecule has 0 spiro atoms. The van der Waals surface area contributed by atoms with E-state index >= 15 is 0 Å². The molecule has 9 nitrogen and oxygen atoms in total. The molecule has 210 valence electrons. The molecule has 2 saturated heterocycles. The van der Waals surface area contributed by atoms with Gasteiger partial charge in [0.15, 0.2) is 0 Å². The normalized spacial score (nSPS) is 33.1. The Kier molecular flexibility index (Phi) is 14.6. The zero-order valence-corrected chi connectivity index (χ0v) is 23.3. The molecule has 9 atom stereocenters. The Balaban J connectivity index is 1.64. The number of aliphatic hydroxyl groups excluding tert-OH is 4. The van der Waals surface area contributed by atoms with Crippen molar-refractivity contribution in [1.82, 2.24) is 5.32 Å². The van der Waals surface area contributed by atoms with Gasteiger partial charge in [0.2, 0.25) is 5.91 Å². The number of rotatable bonds is 17. The molecule has 2 fully saturated rings. The highest BCUT2D eigenvalue weighted by Crippen LogP contribution is 2.34. The van der Waals surface area contributed by atoms with Crippen LogP contribution in [0.25, 0.3) is 0 Å². The number of hydrogen-bond donors (Lipinski definition) is 5. The number of nitrogens with one attached hydrogen (secondary N) is 1. The van der Waals surface area contributed by atoms with Gasteiger partial charge >= 0.3 is 0 Å². The summed E-state index contributed by atoms with van der Waals surface area (Å²) in [5.74, 6) is 1.87. The minimum atomic E-state index is -0.728. The van der Waals surface area contributed by atoms with Crippen molar-refractivity contribution in [1.29, 1.82) is 0 Å². The zero-order valence-electron chi connectivity index (χ0n) is 21.7. The lowest BCUT2D eigenvalue weighted by atomic mass is 9.98. The number of thioether (sulfide) groups is 2. The number of amides is 1. The van der Waals surface area contributed by atoms with Crippen LogP contribution in [-0.4, -0.2) is 111 Å². The Bertz CT molecular complexity index is 672. The fourth-order valence-electron chi connectivity index (χ4n) is 4.68. The highest BCUT2D eigenvalue weighted by molar-refractivity contribution is 8.00. The summed E-state index contributed by atoms with van der Waals surface area (Å²) in [7, 11) is 0. The van der Waals surface area contributed by atoms with Gasteiger partial charge in [-0.2, -0.15) is 23.5 Å². The molecule has 5 N–H and O–H groups in total. The second kappa shape index (κ2) is 16.5. The number of ketones is 1. The number of carbonyl (C=O) groups is 2. The molecule has 2 aliphatic heterocycles. The van der Waals surface area contributed by atoms with Crippen LogP contribution in [0.3, 0.4) is 0 Å². The van der Waals surface area contributed by atoms with Gasteiger partial charge in [-0.15, -0.1) is 0 Å². The molecule has 1 amide bonds. The Morgan fingerprint density at radius 2 is 1.44 bits per heavy atom. The maximum atomic E-state index is 12.4. The van der Waals surface area contributed by atoms with Gasteiger partial charge in [-0.25, -0.2) is 0 Å². The molecule has 2 heterocycles. The molecule has 2 aliphatic rings. The smallest absolute Gasteiger partial charge is 0.220 e. The largest absolute Gasteiger partial charge is 0.394 e. The van der Waals surface area contributed by atoms with E-state index in [1.165, 1.54) is 0 Å². The first kappa shape index (κ1) is 31.8. The van der Waals surface area contributed by atoms with Crippen LogP contribution < -0.4 is 5.32 Å². The van der Waals surface area contributed by atoms with Gasteiger partial charge < -0.3 is 40.0 Å². The molecule has 2 rings (SSSR count). The van der Waals surface area contributed by atoms with Gasteiger partial charge in [0.25, 0.3) is 0 Å². The minimum absolute atomic E-state index is 0.00236. The van der Waals surface area contributed by atoms with Crippen molar-refractivity contribution in [3.63, 3.8) is 0 Å². The van der Waals surface area contributed by atoms with E-state index in [2.05, 4.69) is 5.32 Å². The molecular weight excluding hydrogens is 506 g/mol. The second-order valence-corrected chi connectivity index (χ2v) is 12.4. The third kappa shape index (κ3) is 10.1. The number of aliphatic hydroxyl groups is 4. The van der Waals surface area contributed by atoms with E-state index in [1.807, 2.05) is 13.8 Å². The van der Waals surface area contributed by atoms with Crippen molar-refractivity contribution >= 4 is 35.2 Å². The van der Waals surface area contributed by atoms with E-state index in [4.69, 9.17) is 9.47 Å². The van der Waals surface area contributed by atoms with E-state index < -0.39 is 24.4 Å². The molecule has 3 unspecified atom stereocenters. The highest BCUT2D eigenvalue weighted by Gasteiger charge is 2.42. The van der Waals surface area contributed by atoms with E-state index in [-0.39, 0.29) is 53.5 Å². The minimum Gasteiger partial charge on any atom is -0.394 e. The third-order valence-electron chi connectivity index (χ3n) is 6.91. The zero-order chi connectivity index (χ0) is 26.7. The number of carbonyl (C=O) groups excluding carboxylic acids is 2. The summed E-state index contributed by atoms with van der Waals surface area (Å²) in [6, 6.07) is 0. The monoisotopic (exact) mass is 551 g/mol. The Morgan fingerprint density at radius 3 is 1.97 bits per heavy atom. The lowest BCUT2D eigenvalue weighted by Crippen LogP contribution is -2.32. The van der Waals surface area contributed by atoms with Gasteiger partial charge in [-0.1, -0.05) is 0 Å². The van der Waals surface area contributed by atoms with Crippen LogP contribution in [0.15, 0.2) is 0 Å². The standard InChI is InChI=1S/C25H45NO8S2/c1-15(29)6-7-18(14-36-25-17(3)34-20(13-28)23(25)32)8-9-21(30)26-10-4-5-11-35-24-16(2)33-19(12-27)22(24)31/h16-20,22-25,27-28,31-32H,4-14H2,1-3H3,(H,26,30)/t16-,17-,18?,19+,20+,22?,23?,24+,25+/m0/s1. The van der Waals surface area contributed by atoms with Gasteiger partial charge in [0, 0.05) is 19.4 Å². The average Bonchev–Trinajstić information content (AvgIpc) is 3.28. The molecule has 0 aromatic heterocycles. The van der Waals surface area contributed by atoms with Crippen molar-refractivity contribution in [2.75, 3.05) is 31.3 Å². The molecule has 11 heteroatoms. The molecule has 0 bridgehead atoms. The van der Waals surface area contributed by atoms with Gasteiger partial charge in [-0.3, -0.25) is 4.79 Å². The van der Waals surface area contributed by atoms with Crippen molar-refractivity contribution in [2.24, 2.45) is 5.92 Å². The lowest BCUT2D eigenvalue weighted by molar-refractivity contribution is -0.121. The predicted molar refractivity (Wildman–Crippen MR) is 142 cm³/mol. The summed E-state index contributed by atoms with van der Waals surface area (Å²) in [5, 5.41) is 42.0. The molecule has 0 aliphatic carbocycles. The summed E-state index contributed by atoms with van der Waals surface area (Å²) in [4.78, 5) is 23.9. The van der Waals surface area contributed by atoms with Gasteiger partial charge in [0.1, 0.15) is 18.0 Å². The van der Waals surface area contributed by atoms with Crippen molar-refractivity contribution in [3.8, 4) is 0 Å². The van der Waals surface area contributed by atoms with Gasteiger partial charge in [0.05, 0.1) is 48.1 Å². The first-order valence-corrected chi connectivity index (χ1v) is 15.2. The molecule has 0 radical (unpaired) electrons. The van der Waals surface area contributed by atoms with Crippen LogP contribution in [-0.2, 0) is 19.1 Å². The summed E-state index contributed by atoms with van der Waals surface area (Å²) < 4.78 is 11.2. The van der Waals surface area contributed by atoms with Crippen molar-refractivity contribution in [2.45, 2.75) is 106 Å². The summed E-state index contributed by atoms with van der Waals surface area (Å²) in [5.41, 5.74) is 0. The molecular formula is C25H45NO8S2. The summed E-state index contributed by atoms with van der Waals surface area (Å²) in [6.45, 7) is 5.58. The van der Waals surface area contributed by atoms with Crippen LogP contribution in [0.4, 0.5) is 0 Å². The summed E-state index contributed by atoms with van der Waals surface area (Å²) >= 11 is 3.25. The Labute approximate surface area is 223 Å². The molecule has 0 aromatic carbocycles. The number of unbranched alkanes of at least 4 members (excludes halogenated alkanes) is 1. The van der Waals surface area contributed by atoms with E-state index in [0.717, 1.165) is 24.3 Å². The highest BCUT2D eigenvalue weighted by atomic mass is 32.2. The third-order valence-corrected chi connectivity index (χ3v) is 10.2. The number of Topliss-reactive ketones (excluding diaryl/α,β-unsaturated/α-hetero) is 1. The average molecular weight is 552 g/mol. The SMILES string of the molecule is CC(=O)CCC(CCC(=O)NCCCCS[C@H]1C(O)[C@@H](CO)O[C@H]1C)CS[C@H]1C(O)[C@@H](CO)O[C@H]1C.